The molecule has 0 bridgehead atoms. The first-order valence-electron chi connectivity index (χ1n) is 6.13. The first-order chi connectivity index (χ1) is 9.08. The lowest BCUT2D eigenvalue weighted by atomic mass is 10.2. The first-order valence-corrected chi connectivity index (χ1v) is 6.51. The highest BCUT2D eigenvalue weighted by Gasteiger charge is 2.06. The molecule has 1 heterocycles. The van der Waals surface area contributed by atoms with Crippen molar-refractivity contribution in [3.8, 4) is 0 Å². The number of anilines is 3. The molecule has 1 N–H and O–H groups in total. The van der Waals surface area contributed by atoms with Crippen LogP contribution in [0.3, 0.4) is 0 Å². The number of aromatic nitrogens is 2. The van der Waals surface area contributed by atoms with Gasteiger partial charge in [0.15, 0.2) is 5.82 Å². The van der Waals surface area contributed by atoms with E-state index in [0.717, 1.165) is 11.4 Å². The van der Waals surface area contributed by atoms with Gasteiger partial charge in [0.2, 0.25) is 0 Å². The summed E-state index contributed by atoms with van der Waals surface area (Å²) in [5.41, 5.74) is 2.09. The molecule has 0 saturated carbocycles. The Bertz CT molecular complexity index is 557. The van der Waals surface area contributed by atoms with Crippen LogP contribution in [0.25, 0.3) is 0 Å². The molecule has 2 aromatic rings. The number of hydrogen-bond acceptors (Lipinski definition) is 4. The average molecular weight is 277 g/mol. The number of benzene rings is 1. The Kier molecular flexibility index (Phi) is 4.22. The van der Waals surface area contributed by atoms with Gasteiger partial charge in [-0.25, -0.2) is 9.97 Å². The van der Waals surface area contributed by atoms with Crippen LogP contribution >= 0.6 is 11.6 Å². The van der Waals surface area contributed by atoms with Gasteiger partial charge in [-0.1, -0.05) is 17.7 Å². The lowest BCUT2D eigenvalue weighted by Crippen LogP contribution is -2.25. The SMILES string of the molecule is CC(C)N(C)c1cccc(Nc2ncncc2Cl)c1. The van der Waals surface area contributed by atoms with E-state index in [4.69, 9.17) is 11.6 Å². The predicted octanol–water partition coefficient (Wildman–Crippen LogP) is 3.72. The highest BCUT2D eigenvalue weighted by molar-refractivity contribution is 6.32. The third-order valence-electron chi connectivity index (χ3n) is 2.96. The molecule has 0 saturated heterocycles. The van der Waals surface area contributed by atoms with Crippen molar-refractivity contribution in [2.45, 2.75) is 19.9 Å². The largest absolute Gasteiger partial charge is 0.372 e. The molecule has 0 spiro atoms. The van der Waals surface area contributed by atoms with Gasteiger partial charge < -0.3 is 10.2 Å². The van der Waals surface area contributed by atoms with E-state index in [1.54, 1.807) is 6.20 Å². The summed E-state index contributed by atoms with van der Waals surface area (Å²) in [6.45, 7) is 4.31. The summed E-state index contributed by atoms with van der Waals surface area (Å²) in [5, 5.41) is 3.70. The first kappa shape index (κ1) is 13.6. The highest BCUT2D eigenvalue weighted by atomic mass is 35.5. The van der Waals surface area contributed by atoms with E-state index in [1.165, 1.54) is 6.33 Å². The summed E-state index contributed by atoms with van der Waals surface area (Å²) >= 11 is 6.03. The van der Waals surface area contributed by atoms with E-state index < -0.39 is 0 Å². The minimum absolute atomic E-state index is 0.442. The second-order valence-electron chi connectivity index (χ2n) is 4.60. The zero-order valence-corrected chi connectivity index (χ0v) is 12.0. The molecule has 0 atom stereocenters. The monoisotopic (exact) mass is 276 g/mol. The standard InChI is InChI=1S/C14H17ClN4/c1-10(2)19(3)12-6-4-5-11(7-12)18-14-13(15)8-16-9-17-14/h4-10H,1-3H3,(H,16,17,18). The summed E-state index contributed by atoms with van der Waals surface area (Å²) in [4.78, 5) is 10.2. The Balaban J connectivity index is 2.22. The van der Waals surface area contributed by atoms with Gasteiger partial charge in [0.25, 0.3) is 0 Å². The third-order valence-corrected chi connectivity index (χ3v) is 3.23. The van der Waals surface area contributed by atoms with Crippen molar-refractivity contribution < 1.29 is 0 Å². The number of halogens is 1. The second kappa shape index (κ2) is 5.89. The number of nitrogens with one attached hydrogen (secondary N) is 1. The summed E-state index contributed by atoms with van der Waals surface area (Å²) in [6.07, 6.45) is 3.04. The molecule has 0 aliphatic heterocycles. The summed E-state index contributed by atoms with van der Waals surface area (Å²) in [5.74, 6) is 0.612. The van der Waals surface area contributed by atoms with Crippen LogP contribution in [0.1, 0.15) is 13.8 Å². The third kappa shape index (κ3) is 3.35. The maximum atomic E-state index is 6.03. The van der Waals surface area contributed by atoms with Gasteiger partial charge in [-0.2, -0.15) is 0 Å². The van der Waals surface area contributed by atoms with Gasteiger partial charge in [-0.15, -0.1) is 0 Å². The van der Waals surface area contributed by atoms with E-state index >= 15 is 0 Å². The fourth-order valence-corrected chi connectivity index (χ4v) is 1.79. The molecule has 5 heteroatoms. The smallest absolute Gasteiger partial charge is 0.152 e. The molecule has 2 rings (SSSR count). The van der Waals surface area contributed by atoms with Crippen LogP contribution < -0.4 is 10.2 Å². The van der Waals surface area contributed by atoms with Crippen molar-refractivity contribution in [2.24, 2.45) is 0 Å². The van der Waals surface area contributed by atoms with Crippen molar-refractivity contribution in [3.05, 3.63) is 41.8 Å². The highest BCUT2D eigenvalue weighted by Crippen LogP contribution is 2.25. The van der Waals surface area contributed by atoms with Crippen molar-refractivity contribution >= 4 is 28.8 Å². The Morgan fingerprint density at radius 2 is 2.11 bits per heavy atom. The molecule has 100 valence electrons. The molecule has 19 heavy (non-hydrogen) atoms. The van der Waals surface area contributed by atoms with E-state index in [2.05, 4.69) is 53.2 Å². The number of nitrogens with zero attached hydrogens (tertiary/aromatic N) is 3. The molecule has 0 unspecified atom stereocenters. The normalized spacial score (nSPS) is 10.6. The number of rotatable bonds is 4. The second-order valence-corrected chi connectivity index (χ2v) is 5.01. The molecular weight excluding hydrogens is 260 g/mol. The quantitative estimate of drug-likeness (QED) is 0.924. The van der Waals surface area contributed by atoms with Crippen LogP contribution in [-0.2, 0) is 0 Å². The van der Waals surface area contributed by atoms with Crippen LogP contribution in [0, 0.1) is 0 Å². The Hall–Kier alpha value is -1.81. The predicted molar refractivity (Wildman–Crippen MR) is 80.3 cm³/mol. The molecule has 0 aliphatic carbocycles. The van der Waals surface area contributed by atoms with Gasteiger partial charge in [-0.05, 0) is 32.0 Å². The Labute approximate surface area is 118 Å². The van der Waals surface area contributed by atoms with Gasteiger partial charge in [0.05, 0.1) is 6.20 Å². The van der Waals surface area contributed by atoms with Crippen molar-refractivity contribution in [3.63, 3.8) is 0 Å². The van der Waals surface area contributed by atoms with Gasteiger partial charge >= 0.3 is 0 Å². The molecule has 0 fully saturated rings. The van der Waals surface area contributed by atoms with Crippen LogP contribution in [0.5, 0.6) is 0 Å². The van der Waals surface area contributed by atoms with Gasteiger partial charge in [0.1, 0.15) is 11.3 Å². The van der Waals surface area contributed by atoms with Crippen molar-refractivity contribution in [1.29, 1.82) is 0 Å². The van der Waals surface area contributed by atoms with Crippen LogP contribution in [0.15, 0.2) is 36.8 Å². The molecule has 0 amide bonds. The van der Waals surface area contributed by atoms with Crippen LogP contribution in [-0.4, -0.2) is 23.1 Å². The minimum Gasteiger partial charge on any atom is -0.372 e. The summed E-state index contributed by atoms with van der Waals surface area (Å²) < 4.78 is 0. The lowest BCUT2D eigenvalue weighted by molar-refractivity contribution is 0.755. The average Bonchev–Trinajstić information content (AvgIpc) is 2.41. The molecule has 0 radical (unpaired) electrons. The molecule has 1 aromatic carbocycles. The lowest BCUT2D eigenvalue weighted by Gasteiger charge is -2.24. The zero-order chi connectivity index (χ0) is 13.8. The maximum Gasteiger partial charge on any atom is 0.152 e. The Morgan fingerprint density at radius 1 is 1.32 bits per heavy atom. The maximum absolute atomic E-state index is 6.03. The minimum atomic E-state index is 0.442. The summed E-state index contributed by atoms with van der Waals surface area (Å²) in [7, 11) is 2.07. The van der Waals surface area contributed by atoms with Crippen LogP contribution in [0.4, 0.5) is 17.2 Å². The summed E-state index contributed by atoms with van der Waals surface area (Å²) in [6, 6.07) is 8.57. The molecule has 0 aliphatic rings. The fourth-order valence-electron chi connectivity index (χ4n) is 1.64. The van der Waals surface area contributed by atoms with E-state index in [1.807, 2.05) is 12.1 Å². The van der Waals surface area contributed by atoms with E-state index in [9.17, 15) is 0 Å². The zero-order valence-electron chi connectivity index (χ0n) is 11.3. The topological polar surface area (TPSA) is 41.0 Å². The van der Waals surface area contributed by atoms with Crippen molar-refractivity contribution in [2.75, 3.05) is 17.3 Å². The van der Waals surface area contributed by atoms with E-state index in [0.29, 0.717) is 16.9 Å². The van der Waals surface area contributed by atoms with E-state index in [-0.39, 0.29) is 0 Å². The number of hydrogen-bond donors (Lipinski definition) is 1. The van der Waals surface area contributed by atoms with Crippen molar-refractivity contribution in [1.82, 2.24) is 9.97 Å². The van der Waals surface area contributed by atoms with Crippen LogP contribution in [0.2, 0.25) is 5.02 Å². The van der Waals surface area contributed by atoms with Gasteiger partial charge in [0, 0.05) is 24.5 Å². The molecule has 4 nitrogen and oxygen atoms in total. The fraction of sp³-hybridized carbons (Fsp3) is 0.286. The Morgan fingerprint density at radius 3 is 2.79 bits per heavy atom. The molecule has 1 aromatic heterocycles. The molecular formula is C14H17ClN4. The van der Waals surface area contributed by atoms with Gasteiger partial charge in [-0.3, -0.25) is 0 Å².